The van der Waals surface area contributed by atoms with Crippen LogP contribution in [-0.2, 0) is 63.3 Å². The van der Waals surface area contributed by atoms with Gasteiger partial charge in [-0.15, -0.1) is 0 Å². The van der Waals surface area contributed by atoms with Crippen molar-refractivity contribution in [2.24, 2.45) is 16.6 Å². The Labute approximate surface area is 863 Å². The monoisotopic (exact) mass is 2020 g/mol. The van der Waals surface area contributed by atoms with Crippen molar-refractivity contribution < 1.29 is 110 Å². The second kappa shape index (κ2) is 57.0. The van der Waals surface area contributed by atoms with Crippen LogP contribution in [0.1, 0.15) is 133 Å². The molecule has 782 valence electrons. The van der Waals surface area contributed by atoms with Gasteiger partial charge in [0.1, 0.15) is 114 Å². The zero-order chi connectivity index (χ0) is 106. The predicted molar refractivity (Wildman–Crippen MR) is 574 cm³/mol. The maximum Gasteiger partial charge on any atom is 0.407 e. The van der Waals surface area contributed by atoms with Gasteiger partial charge in [-0.2, -0.15) is 0 Å². The summed E-state index contributed by atoms with van der Waals surface area (Å²) >= 11 is 0. The van der Waals surface area contributed by atoms with Crippen LogP contribution in [0.15, 0.2) is 301 Å². The van der Waals surface area contributed by atoms with Crippen LogP contribution in [0.5, 0.6) is 74.7 Å². The van der Waals surface area contributed by atoms with Crippen molar-refractivity contribution in [2.75, 3.05) is 92.9 Å². The highest BCUT2D eigenvalue weighted by atomic mass is 16.6. The molecule has 0 bridgehead atoms. The number of rotatable bonds is 43. The average molecular weight is 2020 g/mol. The van der Waals surface area contributed by atoms with E-state index in [0.29, 0.717) is 143 Å². The Bertz CT molecular complexity index is 6860. The minimum absolute atomic E-state index is 0.0456. The van der Waals surface area contributed by atoms with Crippen LogP contribution in [0, 0.1) is 24.7 Å². The van der Waals surface area contributed by atoms with Gasteiger partial charge in [0.25, 0.3) is 0 Å². The molecule has 148 heavy (non-hydrogen) atoms. The molecule has 15 aromatic rings. The zero-order valence-electron chi connectivity index (χ0n) is 86.4. The fourth-order valence-corrected chi connectivity index (χ4v) is 14.6. The van der Waals surface area contributed by atoms with Gasteiger partial charge in [0.05, 0.1) is 46.8 Å². The smallest absolute Gasteiger partial charge is 0.407 e. The van der Waals surface area contributed by atoms with Crippen LogP contribution in [0.25, 0.3) is 66.9 Å². The second-order valence-electron chi connectivity index (χ2n) is 38.0. The molecule has 28 heteroatoms. The Hall–Kier alpha value is -15.3. The Balaban J connectivity index is 0.000000191. The first-order valence-corrected chi connectivity index (χ1v) is 49.2. The van der Waals surface area contributed by atoms with Crippen molar-refractivity contribution in [3.05, 3.63) is 348 Å². The number of aliphatic hydroxyl groups is 1. The van der Waals surface area contributed by atoms with Crippen LogP contribution >= 0.6 is 0 Å². The molecule has 0 aliphatic rings. The number of phenolic OH excluding ortho intramolecular Hbond substituents is 4. The molecule has 12 aromatic carbocycles. The van der Waals surface area contributed by atoms with Crippen molar-refractivity contribution in [1.29, 1.82) is 0 Å². The molecule has 0 aliphatic heterocycles. The van der Waals surface area contributed by atoms with E-state index in [-0.39, 0.29) is 114 Å². The number of ether oxygens (including phenoxy) is 14. The zero-order valence-corrected chi connectivity index (χ0v) is 86.4. The SMILES string of the molecule is CC(C)(C)CCOCCNC(=O)OC(C)(C)C.CCCOCCC(C)(C)C.COc1c(-c2ccc(OCc3ccccc3)c(OCc3ccccc3)c2)oc2cc(C)cc(OCc3ccccc3)c2c1=O.Cc1cc(OCc2ccccc2)c2c(=O)c(OCCOCCN)c(-c3ccc(OCc4ccccc4)c(OCc4ccccc4)c3)oc2c1.O=c1c(OCCOCCO)c(-c2ccc(O)c(O)c2)oc2cc(O)cc(O)c12. The molecule has 0 aliphatic carbocycles. The standard InChI is InChI=1S/C41H39NO7.C38H32O6.C19H18O9.C13H27NO3.C9H20O/c1-29-23-36(48-28-32-15-9-4-10-16-32)38-37(24-29)49-40(41(39(38)43)45-22-21-44-20-19-42)33-17-18-34(46-26-30-11-5-2-6-12-30)35(25-33)47-27-31-13-7-3-8-14-31;1-26-20-33(43-25-29-16-10-5-11-17-29)35-34(21-26)44-37(38(40-2)36(35)39)30-18-19-31(41-23-27-12-6-3-7-13-27)32(22-30)42-24-28-14-8-4-9-15-28;20-3-4-26-5-6-27-19-17(25)16-14(24)8-11(21)9-15(16)28-18(19)10-1-2-12(22)13(23)7-10;1-12(2,3)7-9-16-10-8-14-11(15)17-13(4,5)6;1-5-7-10-8-6-9(2,3)4/h2-18,23-25H,19-22,26-28,42H2,1H3;3-22H,23-25H2,1-2H3;1-2,7-9,20-24H,3-6H2;7-10H2,1-6H3,(H,14,15);5-8H2,1-4H3. The minimum atomic E-state index is -0.691. The van der Waals surface area contributed by atoms with Crippen molar-refractivity contribution in [3.8, 4) is 109 Å². The largest absolute Gasteiger partial charge is 0.508 e. The molecule has 8 N–H and O–H groups in total. The Morgan fingerprint density at radius 2 is 0.696 bits per heavy atom. The predicted octanol–water partition coefficient (Wildman–Crippen LogP) is 23.9. The number of phenols is 4. The fraction of sp³-hybridized carbons (Fsp3) is 0.317. The summed E-state index contributed by atoms with van der Waals surface area (Å²) in [5.41, 5.74) is 14.4. The highest BCUT2D eigenvalue weighted by Gasteiger charge is 2.28. The highest BCUT2D eigenvalue weighted by molar-refractivity contribution is 5.91. The summed E-state index contributed by atoms with van der Waals surface area (Å²) in [7, 11) is 1.46. The van der Waals surface area contributed by atoms with Crippen LogP contribution in [-0.4, -0.2) is 130 Å². The lowest BCUT2D eigenvalue weighted by molar-refractivity contribution is 0.0490. The number of hydrogen-bond acceptors (Lipinski definition) is 27. The lowest BCUT2D eigenvalue weighted by Gasteiger charge is -2.20. The molecule has 1 amide bonds. The number of amides is 1. The summed E-state index contributed by atoms with van der Waals surface area (Å²) in [4.78, 5) is 52.4. The van der Waals surface area contributed by atoms with Crippen LogP contribution in [0.4, 0.5) is 4.79 Å². The normalized spacial score (nSPS) is 11.2. The van der Waals surface area contributed by atoms with Gasteiger partial charge >= 0.3 is 6.09 Å². The summed E-state index contributed by atoms with van der Waals surface area (Å²) in [5, 5.41) is 50.8. The number of carbonyl (C=O) groups excluding carboxylic acids is 1. The first-order chi connectivity index (χ1) is 71.2. The van der Waals surface area contributed by atoms with Gasteiger partial charge in [-0.3, -0.25) is 14.4 Å². The van der Waals surface area contributed by atoms with E-state index in [9.17, 15) is 39.6 Å². The highest BCUT2D eigenvalue weighted by Crippen LogP contribution is 2.44. The number of hydrogen-bond donors (Lipinski definition) is 7. The Kier molecular flexibility index (Phi) is 43.5. The summed E-state index contributed by atoms with van der Waals surface area (Å²) < 4.78 is 99.8. The van der Waals surface area contributed by atoms with Gasteiger partial charge < -0.3 is 116 Å². The number of fused-ring (bicyclic) bond motifs is 3. The molecule has 0 saturated heterocycles. The average Bonchev–Trinajstić information content (AvgIpc) is 0.762. The molecule has 3 heterocycles. The molecule has 0 fully saturated rings. The fourth-order valence-electron chi connectivity index (χ4n) is 14.6. The van der Waals surface area contributed by atoms with Crippen LogP contribution < -0.4 is 70.0 Å². The van der Waals surface area contributed by atoms with E-state index < -0.39 is 28.6 Å². The van der Waals surface area contributed by atoms with E-state index in [4.69, 9.17) is 90.4 Å². The van der Waals surface area contributed by atoms with E-state index >= 15 is 0 Å². The topological polar surface area (TPSA) is 376 Å². The third kappa shape index (κ3) is 35.8. The van der Waals surface area contributed by atoms with Gasteiger partial charge in [-0.1, -0.05) is 230 Å². The molecule has 15 rings (SSSR count). The van der Waals surface area contributed by atoms with Gasteiger partial charge in [0.15, 0.2) is 51.8 Å². The first kappa shape index (κ1) is 113. The van der Waals surface area contributed by atoms with E-state index in [0.717, 1.165) is 95.7 Å². The molecule has 0 spiro atoms. The van der Waals surface area contributed by atoms with Gasteiger partial charge in [-0.25, -0.2) is 4.79 Å². The number of aromatic hydroxyl groups is 4. The summed E-state index contributed by atoms with van der Waals surface area (Å²) in [6.07, 6.45) is 2.91. The van der Waals surface area contributed by atoms with Crippen LogP contribution in [0.3, 0.4) is 0 Å². The molecular formula is C120H136N2O26. The number of nitrogens with two attached hydrogens (primary N) is 1. The van der Waals surface area contributed by atoms with E-state index in [1.165, 1.54) is 25.3 Å². The number of methoxy groups -OCH3 is 1. The molecule has 0 atom stereocenters. The number of carbonyl (C=O) groups is 1. The van der Waals surface area contributed by atoms with Crippen molar-refractivity contribution in [3.63, 3.8) is 0 Å². The third-order valence-electron chi connectivity index (χ3n) is 22.0. The first-order valence-electron chi connectivity index (χ1n) is 49.2. The Morgan fingerprint density at radius 3 is 1.07 bits per heavy atom. The maximum atomic E-state index is 14.3. The van der Waals surface area contributed by atoms with Gasteiger partial charge in [0, 0.05) is 61.7 Å². The van der Waals surface area contributed by atoms with Crippen molar-refractivity contribution in [1.82, 2.24) is 5.32 Å². The number of alkyl carbamates (subject to hydrolysis) is 1. The number of aryl methyl sites for hydroxylation is 2. The maximum absolute atomic E-state index is 14.3. The number of nitrogens with one attached hydrogen (secondary N) is 1. The lowest BCUT2D eigenvalue weighted by atomic mass is 9.93. The third-order valence-corrected chi connectivity index (χ3v) is 22.0. The lowest BCUT2D eigenvalue weighted by Crippen LogP contribution is -2.34. The van der Waals surface area contributed by atoms with E-state index in [2.05, 4.69) is 53.8 Å². The van der Waals surface area contributed by atoms with Gasteiger partial charge in [0.2, 0.25) is 33.5 Å². The Morgan fingerprint density at radius 1 is 0.345 bits per heavy atom. The number of aliphatic hydroxyl groups excluding tert-OH is 1. The summed E-state index contributed by atoms with van der Waals surface area (Å²) in [6.45, 7) is 31.4. The molecule has 0 unspecified atom stereocenters. The molecular weight excluding hydrogens is 1890 g/mol. The molecule has 0 radical (unpaired) electrons. The molecule has 28 nitrogen and oxygen atoms in total. The van der Waals surface area contributed by atoms with Crippen molar-refractivity contribution >= 4 is 39.0 Å². The number of benzene rings is 12. The minimum Gasteiger partial charge on any atom is -0.508 e. The van der Waals surface area contributed by atoms with Gasteiger partial charge in [-0.05, 0) is 188 Å². The quantitative estimate of drug-likeness (QED) is 0.0138. The van der Waals surface area contributed by atoms with E-state index in [1.54, 1.807) is 0 Å². The second-order valence-corrected chi connectivity index (χ2v) is 38.0. The van der Waals surface area contributed by atoms with Crippen molar-refractivity contribution in [2.45, 2.75) is 148 Å². The van der Waals surface area contributed by atoms with Crippen LogP contribution in [0.2, 0.25) is 0 Å². The summed E-state index contributed by atoms with van der Waals surface area (Å²) in [5.74, 6) is 1.78. The molecule has 3 aromatic heterocycles. The van der Waals surface area contributed by atoms with E-state index in [1.807, 2.05) is 277 Å². The molecule has 0 saturated carbocycles. The summed E-state index contributed by atoms with van der Waals surface area (Å²) in [6, 6.07) is 83.5.